The standard InChI is InChI=1S/C27H25ClN4OS/c1-27(2,3)21-13-9-18(10-14-21)17-29-32-26-30-23(19-7-5-4-6-8-19)25(34-26)31-24(33)20-11-15-22(28)16-12-20/h4-17H,1-3H3,(H,30,32)(H,31,33)/b29-17-. The second-order valence-electron chi connectivity index (χ2n) is 8.77. The number of aromatic nitrogens is 1. The third kappa shape index (κ3) is 5.90. The average Bonchev–Trinajstić information content (AvgIpc) is 3.22. The van der Waals surface area contributed by atoms with E-state index in [-0.39, 0.29) is 11.3 Å². The molecule has 172 valence electrons. The Kier molecular flexibility index (Phi) is 7.10. The fourth-order valence-corrected chi connectivity index (χ4v) is 4.21. The molecule has 0 spiro atoms. The van der Waals surface area contributed by atoms with E-state index in [0.29, 0.717) is 26.4 Å². The van der Waals surface area contributed by atoms with Crippen LogP contribution in [-0.2, 0) is 5.41 Å². The van der Waals surface area contributed by atoms with E-state index in [1.165, 1.54) is 16.9 Å². The Morgan fingerprint density at radius 1 is 0.971 bits per heavy atom. The number of hydrazone groups is 1. The zero-order valence-corrected chi connectivity index (χ0v) is 20.7. The summed E-state index contributed by atoms with van der Waals surface area (Å²) < 4.78 is 0. The number of amides is 1. The van der Waals surface area contributed by atoms with Crippen molar-refractivity contribution < 1.29 is 4.79 Å². The zero-order chi connectivity index (χ0) is 24.1. The van der Waals surface area contributed by atoms with E-state index in [1.807, 2.05) is 42.5 Å². The van der Waals surface area contributed by atoms with Gasteiger partial charge in [0.25, 0.3) is 5.91 Å². The lowest BCUT2D eigenvalue weighted by atomic mass is 9.87. The van der Waals surface area contributed by atoms with Gasteiger partial charge in [-0.15, -0.1) is 0 Å². The molecule has 2 N–H and O–H groups in total. The fourth-order valence-electron chi connectivity index (χ4n) is 3.25. The van der Waals surface area contributed by atoms with Crippen LogP contribution in [0.5, 0.6) is 0 Å². The normalized spacial score (nSPS) is 11.5. The molecule has 0 fully saturated rings. The van der Waals surface area contributed by atoms with Crippen LogP contribution in [0.4, 0.5) is 10.1 Å². The Morgan fingerprint density at radius 2 is 1.65 bits per heavy atom. The average molecular weight is 489 g/mol. The van der Waals surface area contributed by atoms with E-state index in [0.717, 1.165) is 11.1 Å². The monoisotopic (exact) mass is 488 g/mol. The minimum absolute atomic E-state index is 0.107. The summed E-state index contributed by atoms with van der Waals surface area (Å²) >= 11 is 7.27. The maximum atomic E-state index is 12.8. The number of rotatable bonds is 6. The molecule has 0 unspecified atom stereocenters. The van der Waals surface area contributed by atoms with Gasteiger partial charge >= 0.3 is 0 Å². The van der Waals surface area contributed by atoms with Crippen molar-refractivity contribution in [3.63, 3.8) is 0 Å². The molecule has 0 aliphatic carbocycles. The molecule has 0 radical (unpaired) electrons. The van der Waals surface area contributed by atoms with Crippen LogP contribution in [0.1, 0.15) is 42.3 Å². The summed E-state index contributed by atoms with van der Waals surface area (Å²) in [7, 11) is 0. The molecule has 0 saturated heterocycles. The van der Waals surface area contributed by atoms with Crippen LogP contribution >= 0.6 is 22.9 Å². The first kappa shape index (κ1) is 23.7. The Morgan fingerprint density at radius 3 is 2.29 bits per heavy atom. The van der Waals surface area contributed by atoms with Gasteiger partial charge in [-0.25, -0.2) is 4.98 Å². The van der Waals surface area contributed by atoms with E-state index >= 15 is 0 Å². The number of hydrogen-bond donors (Lipinski definition) is 2. The summed E-state index contributed by atoms with van der Waals surface area (Å²) in [6.45, 7) is 6.56. The molecule has 4 rings (SSSR count). The topological polar surface area (TPSA) is 66.4 Å². The molecule has 0 bridgehead atoms. The molecule has 1 aromatic heterocycles. The van der Waals surface area contributed by atoms with Crippen molar-refractivity contribution in [1.82, 2.24) is 4.98 Å². The number of thiazole rings is 1. The minimum Gasteiger partial charge on any atom is -0.312 e. The van der Waals surface area contributed by atoms with Gasteiger partial charge in [-0.3, -0.25) is 10.2 Å². The fraction of sp³-hybridized carbons (Fsp3) is 0.148. The highest BCUT2D eigenvalue weighted by atomic mass is 35.5. The molecule has 3 aromatic carbocycles. The van der Waals surface area contributed by atoms with Crippen LogP contribution in [0, 0.1) is 0 Å². The van der Waals surface area contributed by atoms with Gasteiger partial charge in [0.15, 0.2) is 0 Å². The zero-order valence-electron chi connectivity index (χ0n) is 19.2. The van der Waals surface area contributed by atoms with Gasteiger partial charge in [0.2, 0.25) is 5.13 Å². The molecular weight excluding hydrogens is 464 g/mol. The predicted molar refractivity (Wildman–Crippen MR) is 143 cm³/mol. The maximum absolute atomic E-state index is 12.8. The molecule has 0 aliphatic rings. The molecule has 0 atom stereocenters. The van der Waals surface area contributed by atoms with Crippen LogP contribution in [0.15, 0.2) is 84.0 Å². The van der Waals surface area contributed by atoms with E-state index in [4.69, 9.17) is 11.6 Å². The van der Waals surface area contributed by atoms with E-state index < -0.39 is 0 Å². The summed E-state index contributed by atoms with van der Waals surface area (Å²) in [5.41, 5.74) is 7.46. The largest absolute Gasteiger partial charge is 0.312 e. The number of hydrogen-bond acceptors (Lipinski definition) is 5. The molecule has 4 aromatic rings. The second-order valence-corrected chi connectivity index (χ2v) is 10.2. The number of benzene rings is 3. The van der Waals surface area contributed by atoms with E-state index in [2.05, 4.69) is 53.7 Å². The Labute approximate surface area is 208 Å². The lowest BCUT2D eigenvalue weighted by Gasteiger charge is -2.18. The van der Waals surface area contributed by atoms with Gasteiger partial charge in [0.1, 0.15) is 10.7 Å². The van der Waals surface area contributed by atoms with Gasteiger partial charge in [0.05, 0.1) is 6.21 Å². The first-order valence-corrected chi connectivity index (χ1v) is 12.0. The number of anilines is 2. The van der Waals surface area contributed by atoms with Crippen molar-refractivity contribution in [3.8, 4) is 11.3 Å². The van der Waals surface area contributed by atoms with Crippen molar-refractivity contribution in [3.05, 3.63) is 101 Å². The first-order chi connectivity index (χ1) is 16.3. The van der Waals surface area contributed by atoms with Crippen LogP contribution in [0.2, 0.25) is 5.02 Å². The van der Waals surface area contributed by atoms with Gasteiger partial charge in [0, 0.05) is 16.1 Å². The Hall–Kier alpha value is -3.48. The SMILES string of the molecule is CC(C)(C)c1ccc(/C=N\Nc2nc(-c3ccccc3)c(NC(=O)c3ccc(Cl)cc3)s2)cc1. The first-order valence-electron chi connectivity index (χ1n) is 10.8. The van der Waals surface area contributed by atoms with Crippen molar-refractivity contribution in [2.24, 2.45) is 5.10 Å². The molecule has 0 saturated carbocycles. The number of halogens is 1. The highest BCUT2D eigenvalue weighted by molar-refractivity contribution is 7.20. The minimum atomic E-state index is -0.230. The van der Waals surface area contributed by atoms with Crippen molar-refractivity contribution >= 4 is 45.2 Å². The van der Waals surface area contributed by atoms with Crippen molar-refractivity contribution in [2.75, 3.05) is 10.7 Å². The predicted octanol–water partition coefficient (Wildman–Crippen LogP) is 7.46. The van der Waals surface area contributed by atoms with Crippen molar-refractivity contribution in [1.29, 1.82) is 0 Å². The molecular formula is C27H25ClN4OS. The van der Waals surface area contributed by atoms with Crippen LogP contribution in [0.25, 0.3) is 11.3 Å². The van der Waals surface area contributed by atoms with Crippen LogP contribution in [0.3, 0.4) is 0 Å². The number of carbonyl (C=O) groups is 1. The summed E-state index contributed by atoms with van der Waals surface area (Å²) in [6.07, 6.45) is 1.75. The van der Waals surface area contributed by atoms with Crippen LogP contribution < -0.4 is 10.7 Å². The lowest BCUT2D eigenvalue weighted by Crippen LogP contribution is -2.11. The van der Waals surface area contributed by atoms with Gasteiger partial charge in [-0.1, -0.05) is 98.3 Å². The van der Waals surface area contributed by atoms with Crippen molar-refractivity contribution in [2.45, 2.75) is 26.2 Å². The van der Waals surface area contributed by atoms with Gasteiger partial charge in [-0.05, 0) is 40.8 Å². The Bertz CT molecular complexity index is 1290. The number of nitrogens with zero attached hydrogens (tertiary/aromatic N) is 2. The molecule has 7 heteroatoms. The molecule has 34 heavy (non-hydrogen) atoms. The maximum Gasteiger partial charge on any atom is 0.256 e. The number of nitrogens with one attached hydrogen (secondary N) is 2. The van der Waals surface area contributed by atoms with E-state index in [9.17, 15) is 4.79 Å². The number of carbonyl (C=O) groups excluding carboxylic acids is 1. The molecule has 1 amide bonds. The molecule has 1 heterocycles. The third-order valence-corrected chi connectivity index (χ3v) is 6.29. The molecule has 5 nitrogen and oxygen atoms in total. The van der Waals surface area contributed by atoms with Gasteiger partial charge < -0.3 is 5.32 Å². The Balaban J connectivity index is 1.54. The third-order valence-electron chi connectivity index (χ3n) is 5.16. The highest BCUT2D eigenvalue weighted by Gasteiger charge is 2.17. The lowest BCUT2D eigenvalue weighted by molar-refractivity contribution is 0.102. The summed E-state index contributed by atoms with van der Waals surface area (Å²) in [5.74, 6) is -0.230. The smallest absolute Gasteiger partial charge is 0.256 e. The summed E-state index contributed by atoms with van der Waals surface area (Å²) in [4.78, 5) is 17.5. The molecule has 0 aliphatic heterocycles. The summed E-state index contributed by atoms with van der Waals surface area (Å²) in [6, 6.07) is 24.8. The van der Waals surface area contributed by atoms with Crippen LogP contribution in [-0.4, -0.2) is 17.1 Å². The summed E-state index contributed by atoms with van der Waals surface area (Å²) in [5, 5.41) is 9.11. The van der Waals surface area contributed by atoms with E-state index in [1.54, 1.807) is 30.5 Å². The highest BCUT2D eigenvalue weighted by Crippen LogP contribution is 2.36. The quantitative estimate of drug-likeness (QED) is 0.218. The van der Waals surface area contributed by atoms with Gasteiger partial charge in [-0.2, -0.15) is 5.10 Å². The second kappa shape index (κ2) is 10.2.